The molecule has 2 aromatic carbocycles. The molecule has 0 spiro atoms. The van der Waals surface area contributed by atoms with Crippen LogP contribution in [0, 0.1) is 6.92 Å². The van der Waals surface area contributed by atoms with Crippen molar-refractivity contribution in [1.29, 1.82) is 0 Å². The molecule has 26 heavy (non-hydrogen) atoms. The molecule has 3 rings (SSSR count). The number of imidazole rings is 1. The summed E-state index contributed by atoms with van der Waals surface area (Å²) in [6, 6.07) is 18.3. The van der Waals surface area contributed by atoms with Gasteiger partial charge < -0.3 is 9.40 Å². The van der Waals surface area contributed by atoms with Crippen LogP contribution in [0.25, 0.3) is 11.0 Å². The molecular weight excluding hydrogens is 322 g/mol. The molecule has 0 saturated carbocycles. The first-order valence-electron chi connectivity index (χ1n) is 8.99. The molecule has 3 aromatic rings. The van der Waals surface area contributed by atoms with Crippen LogP contribution in [0.2, 0.25) is 0 Å². The van der Waals surface area contributed by atoms with Crippen LogP contribution in [0.5, 0.6) is 0 Å². The van der Waals surface area contributed by atoms with Gasteiger partial charge in [-0.25, -0.2) is 4.98 Å². The Kier molecular flexibility index (Phi) is 6.20. The lowest BCUT2D eigenvalue weighted by Crippen LogP contribution is -1.98. The summed E-state index contributed by atoms with van der Waals surface area (Å²) in [5, 5.41) is 4.04. The van der Waals surface area contributed by atoms with Gasteiger partial charge in [0.25, 0.3) is 0 Å². The predicted octanol–water partition coefficient (Wildman–Crippen LogP) is 5.27. The zero-order valence-electron chi connectivity index (χ0n) is 15.4. The van der Waals surface area contributed by atoms with Gasteiger partial charge in [-0.15, -0.1) is 0 Å². The average molecular weight is 347 g/mol. The fraction of sp³-hybridized carbons (Fsp3) is 0.273. The van der Waals surface area contributed by atoms with Crippen molar-refractivity contribution in [3.63, 3.8) is 0 Å². The third-order valence-electron chi connectivity index (χ3n) is 4.36. The number of para-hydroxylation sites is 2. The fourth-order valence-electron chi connectivity index (χ4n) is 2.86. The quantitative estimate of drug-likeness (QED) is 0.316. The lowest BCUT2D eigenvalue weighted by Gasteiger charge is -2.04. The van der Waals surface area contributed by atoms with Gasteiger partial charge in [-0.1, -0.05) is 59.3 Å². The van der Waals surface area contributed by atoms with Crippen molar-refractivity contribution in [2.45, 2.75) is 39.8 Å². The lowest BCUT2D eigenvalue weighted by molar-refractivity contribution is 0.131. The van der Waals surface area contributed by atoms with Gasteiger partial charge in [0.15, 0.2) is 0 Å². The summed E-state index contributed by atoms with van der Waals surface area (Å²) >= 11 is 0. The van der Waals surface area contributed by atoms with Crippen molar-refractivity contribution in [3.8, 4) is 0 Å². The summed E-state index contributed by atoms with van der Waals surface area (Å²) in [7, 11) is 0. The van der Waals surface area contributed by atoms with E-state index in [0.29, 0.717) is 6.61 Å². The number of oxime groups is 1. The third kappa shape index (κ3) is 4.82. The van der Waals surface area contributed by atoms with E-state index in [2.05, 4.69) is 52.8 Å². The van der Waals surface area contributed by atoms with Gasteiger partial charge >= 0.3 is 0 Å². The Morgan fingerprint density at radius 1 is 1.12 bits per heavy atom. The Morgan fingerprint density at radius 3 is 2.73 bits per heavy atom. The van der Waals surface area contributed by atoms with Gasteiger partial charge in [0, 0.05) is 12.8 Å². The number of nitrogens with zero attached hydrogens (tertiary/aromatic N) is 3. The Morgan fingerprint density at radius 2 is 1.88 bits per heavy atom. The second-order valence-corrected chi connectivity index (χ2v) is 6.39. The van der Waals surface area contributed by atoms with Crippen molar-refractivity contribution in [3.05, 3.63) is 77.6 Å². The Hall–Kier alpha value is -2.88. The molecule has 1 aromatic heterocycles. The molecule has 4 heteroatoms. The summed E-state index contributed by atoms with van der Waals surface area (Å²) in [5.74, 6) is 1.05. The van der Waals surface area contributed by atoms with Crippen LogP contribution in [0.3, 0.4) is 0 Å². The zero-order valence-corrected chi connectivity index (χ0v) is 15.4. The first-order chi connectivity index (χ1) is 12.7. The SMILES string of the molecule is C/C(=C\Cn1c(C)nc2ccccc21)CCC=NOCc1ccccc1. The smallest absolute Gasteiger partial charge is 0.142 e. The van der Waals surface area contributed by atoms with Crippen molar-refractivity contribution in [1.82, 2.24) is 9.55 Å². The van der Waals surface area contributed by atoms with Crippen LogP contribution < -0.4 is 0 Å². The van der Waals surface area contributed by atoms with E-state index in [-0.39, 0.29) is 0 Å². The summed E-state index contributed by atoms with van der Waals surface area (Å²) in [5.41, 5.74) is 4.71. The Balaban J connectivity index is 1.45. The summed E-state index contributed by atoms with van der Waals surface area (Å²) in [6.45, 7) is 5.58. The standard InChI is InChI=1S/C22H25N3O/c1-18(9-8-15-23-26-17-20-10-4-3-5-11-20)14-16-25-19(2)24-21-12-6-7-13-22(21)25/h3-7,10-15H,8-9,16-17H2,1-2H3/b18-14+,23-15?. The number of fused-ring (bicyclic) bond motifs is 1. The molecule has 134 valence electrons. The Labute approximate surface area is 154 Å². The van der Waals surface area contributed by atoms with Gasteiger partial charge in [0.05, 0.1) is 11.0 Å². The molecule has 1 heterocycles. The van der Waals surface area contributed by atoms with Gasteiger partial charge in [0.2, 0.25) is 0 Å². The molecule has 0 saturated heterocycles. The zero-order chi connectivity index (χ0) is 18.2. The number of rotatable bonds is 8. The molecule has 4 nitrogen and oxygen atoms in total. The van der Waals surface area contributed by atoms with Gasteiger partial charge in [-0.3, -0.25) is 0 Å². The van der Waals surface area contributed by atoms with Crippen molar-refractivity contribution < 1.29 is 4.84 Å². The lowest BCUT2D eigenvalue weighted by atomic mass is 10.1. The maximum absolute atomic E-state index is 5.32. The summed E-state index contributed by atoms with van der Waals surface area (Å²) in [6.07, 6.45) is 5.96. The van der Waals surface area contributed by atoms with Crippen LogP contribution in [0.15, 0.2) is 71.4 Å². The number of allylic oxidation sites excluding steroid dienone is 2. The van der Waals surface area contributed by atoms with Crippen LogP contribution >= 0.6 is 0 Å². The van der Waals surface area contributed by atoms with E-state index >= 15 is 0 Å². The fourth-order valence-corrected chi connectivity index (χ4v) is 2.86. The number of benzene rings is 2. The molecule has 0 unspecified atom stereocenters. The van der Waals surface area contributed by atoms with Gasteiger partial charge in [0.1, 0.15) is 12.4 Å². The highest BCUT2D eigenvalue weighted by Gasteiger charge is 2.04. The second-order valence-electron chi connectivity index (χ2n) is 6.39. The second kappa shape index (κ2) is 8.99. The summed E-state index contributed by atoms with van der Waals surface area (Å²) < 4.78 is 2.25. The largest absolute Gasteiger partial charge is 0.391 e. The molecule has 0 bridgehead atoms. The minimum atomic E-state index is 0.513. The van der Waals surface area contributed by atoms with Crippen molar-refractivity contribution in [2.75, 3.05) is 0 Å². The molecule has 0 radical (unpaired) electrons. The minimum Gasteiger partial charge on any atom is -0.391 e. The maximum Gasteiger partial charge on any atom is 0.142 e. The van der Waals surface area contributed by atoms with Crippen molar-refractivity contribution in [2.24, 2.45) is 5.16 Å². The van der Waals surface area contributed by atoms with E-state index in [4.69, 9.17) is 4.84 Å². The highest BCUT2D eigenvalue weighted by molar-refractivity contribution is 5.75. The van der Waals surface area contributed by atoms with E-state index in [1.165, 1.54) is 11.1 Å². The predicted molar refractivity (Wildman–Crippen MR) is 107 cm³/mol. The molecular formula is C22H25N3O. The maximum atomic E-state index is 5.32. The van der Waals surface area contributed by atoms with Crippen molar-refractivity contribution >= 4 is 17.2 Å². The topological polar surface area (TPSA) is 39.4 Å². The molecule has 0 atom stereocenters. The minimum absolute atomic E-state index is 0.513. The van der Waals surface area contributed by atoms with Gasteiger partial charge in [-0.2, -0.15) is 0 Å². The van der Waals surface area contributed by atoms with Crippen LogP contribution in [-0.4, -0.2) is 15.8 Å². The highest BCUT2D eigenvalue weighted by atomic mass is 16.6. The molecule has 0 aliphatic rings. The first kappa shape index (κ1) is 17.9. The molecule has 0 amide bonds. The number of aromatic nitrogens is 2. The average Bonchev–Trinajstić information content (AvgIpc) is 2.99. The molecule has 0 N–H and O–H groups in total. The summed E-state index contributed by atoms with van der Waals surface area (Å²) in [4.78, 5) is 9.93. The van der Waals surface area contributed by atoms with E-state index < -0.39 is 0 Å². The molecule has 0 aliphatic carbocycles. The van der Waals surface area contributed by atoms with Crippen LogP contribution in [0.4, 0.5) is 0 Å². The number of hydrogen-bond donors (Lipinski definition) is 0. The van der Waals surface area contributed by atoms with E-state index in [9.17, 15) is 0 Å². The first-order valence-corrected chi connectivity index (χ1v) is 8.99. The molecule has 0 aliphatic heterocycles. The van der Waals surface area contributed by atoms with Crippen LogP contribution in [0.1, 0.15) is 31.2 Å². The number of hydrogen-bond acceptors (Lipinski definition) is 3. The van der Waals surface area contributed by atoms with E-state index in [0.717, 1.165) is 36.3 Å². The highest BCUT2D eigenvalue weighted by Crippen LogP contribution is 2.16. The van der Waals surface area contributed by atoms with E-state index in [1.54, 1.807) is 0 Å². The van der Waals surface area contributed by atoms with E-state index in [1.807, 2.05) is 42.6 Å². The normalized spacial score (nSPS) is 12.2. The van der Waals surface area contributed by atoms with Gasteiger partial charge in [-0.05, 0) is 44.4 Å². The molecule has 0 fully saturated rings. The Bertz CT molecular complexity index is 894. The monoisotopic (exact) mass is 347 g/mol. The third-order valence-corrected chi connectivity index (χ3v) is 4.36. The number of aryl methyl sites for hydroxylation is 1. The van der Waals surface area contributed by atoms with Crippen LogP contribution in [-0.2, 0) is 18.0 Å².